The number of carboxylic acids is 1. The molecule has 0 rings (SSSR count). The van der Waals surface area contributed by atoms with E-state index in [-0.39, 0.29) is 24.7 Å². The largest absolute Gasteiger partial charge is 0.480 e. The van der Waals surface area contributed by atoms with Gasteiger partial charge < -0.3 is 37.6 Å². The average molecular weight is 460 g/mol. The quantitative estimate of drug-likeness (QED) is 0.148. The third-order valence-corrected chi connectivity index (χ3v) is 5.46. The molecule has 0 fully saturated rings. The molecule has 0 radical (unpaired) electrons. The van der Waals surface area contributed by atoms with Gasteiger partial charge in [-0.15, -0.1) is 0 Å². The molecule has 0 bridgehead atoms. The highest BCUT2D eigenvalue weighted by Gasteiger charge is 2.33. The van der Waals surface area contributed by atoms with Gasteiger partial charge in [-0.1, -0.05) is 40.5 Å². The van der Waals surface area contributed by atoms with Crippen LogP contribution in [-0.4, -0.2) is 70.6 Å². The number of rotatable bonds is 15. The van der Waals surface area contributed by atoms with Crippen LogP contribution in [0.1, 0.15) is 53.4 Å². The van der Waals surface area contributed by atoms with E-state index in [0.29, 0.717) is 12.8 Å². The fourth-order valence-electron chi connectivity index (χ4n) is 2.74. The first-order chi connectivity index (χ1) is 14.9. The van der Waals surface area contributed by atoms with Crippen molar-refractivity contribution in [3.05, 3.63) is 0 Å². The van der Waals surface area contributed by atoms with Crippen LogP contribution in [-0.2, 0) is 24.0 Å². The third-order valence-electron chi connectivity index (χ3n) is 5.46. The molecule has 9 N–H and O–H groups in total. The predicted molar refractivity (Wildman–Crippen MR) is 116 cm³/mol. The van der Waals surface area contributed by atoms with Gasteiger partial charge in [-0.25, -0.2) is 4.79 Å². The Bertz CT molecular complexity index is 673. The monoisotopic (exact) mass is 459 g/mol. The zero-order chi connectivity index (χ0) is 25.0. The third kappa shape index (κ3) is 9.60. The minimum atomic E-state index is -1.59. The van der Waals surface area contributed by atoms with E-state index in [0.717, 1.165) is 0 Å². The number of aliphatic hydroxyl groups is 1. The van der Waals surface area contributed by atoms with Gasteiger partial charge in [-0.3, -0.25) is 19.2 Å². The van der Waals surface area contributed by atoms with E-state index in [1.165, 1.54) is 0 Å². The lowest BCUT2D eigenvalue weighted by Crippen LogP contribution is -2.59. The van der Waals surface area contributed by atoms with E-state index in [2.05, 4.69) is 16.0 Å². The maximum absolute atomic E-state index is 13.0. The predicted octanol–water partition coefficient (Wildman–Crippen LogP) is -1.80. The van der Waals surface area contributed by atoms with Gasteiger partial charge in [0.15, 0.2) is 0 Å². The van der Waals surface area contributed by atoms with Gasteiger partial charge in [0.2, 0.25) is 23.6 Å². The zero-order valence-electron chi connectivity index (χ0n) is 19.1. The molecular formula is C20H37N5O7. The van der Waals surface area contributed by atoms with Crippen LogP contribution in [0.25, 0.3) is 0 Å². The number of nitrogens with two attached hydrogens (primary N) is 2. The Kier molecular flexibility index (Phi) is 13.1. The Morgan fingerprint density at radius 1 is 0.844 bits per heavy atom. The van der Waals surface area contributed by atoms with Crippen LogP contribution in [0.2, 0.25) is 0 Å². The molecule has 0 aromatic rings. The molecular weight excluding hydrogens is 422 g/mol. The van der Waals surface area contributed by atoms with Crippen molar-refractivity contribution in [1.82, 2.24) is 16.0 Å². The van der Waals surface area contributed by atoms with Crippen LogP contribution in [0.15, 0.2) is 0 Å². The van der Waals surface area contributed by atoms with Crippen molar-refractivity contribution in [2.24, 2.45) is 23.3 Å². The summed E-state index contributed by atoms with van der Waals surface area (Å²) in [5.74, 6) is -4.73. The standard InChI is InChI=1S/C20H37N5O7/c1-5-10(3)15(22)18(29)25-16(11(4)6-2)19(30)23-12(7-8-14(21)27)17(28)24-13(9-26)20(31)32/h10-13,15-16,26H,5-9,22H2,1-4H3,(H2,21,27)(H,23,30)(H,24,28)(H,25,29)(H,31,32). The molecule has 12 heteroatoms. The van der Waals surface area contributed by atoms with Crippen LogP contribution in [0.4, 0.5) is 0 Å². The highest BCUT2D eigenvalue weighted by atomic mass is 16.4. The number of carbonyl (C=O) groups is 5. The van der Waals surface area contributed by atoms with E-state index >= 15 is 0 Å². The molecule has 6 unspecified atom stereocenters. The summed E-state index contributed by atoms with van der Waals surface area (Å²) < 4.78 is 0. The summed E-state index contributed by atoms with van der Waals surface area (Å²) in [5, 5.41) is 25.3. The number of aliphatic carboxylic acids is 1. The van der Waals surface area contributed by atoms with Crippen LogP contribution in [0.5, 0.6) is 0 Å². The lowest BCUT2D eigenvalue weighted by molar-refractivity contribution is -0.143. The molecule has 0 saturated carbocycles. The van der Waals surface area contributed by atoms with E-state index in [4.69, 9.17) is 21.7 Å². The second-order valence-corrected chi connectivity index (χ2v) is 7.93. The smallest absolute Gasteiger partial charge is 0.328 e. The van der Waals surface area contributed by atoms with Crippen LogP contribution >= 0.6 is 0 Å². The Morgan fingerprint density at radius 2 is 1.38 bits per heavy atom. The first kappa shape index (κ1) is 29.3. The SMILES string of the molecule is CCC(C)C(N)C(=O)NC(C(=O)NC(CCC(N)=O)C(=O)NC(CO)C(=O)O)C(C)CC. The maximum atomic E-state index is 13.0. The Morgan fingerprint density at radius 3 is 1.81 bits per heavy atom. The minimum Gasteiger partial charge on any atom is -0.480 e. The lowest BCUT2D eigenvalue weighted by atomic mass is 9.95. The molecule has 0 aliphatic carbocycles. The van der Waals surface area contributed by atoms with Crippen molar-refractivity contribution in [3.63, 3.8) is 0 Å². The van der Waals surface area contributed by atoms with Gasteiger partial charge in [0, 0.05) is 6.42 Å². The summed E-state index contributed by atoms with van der Waals surface area (Å²) >= 11 is 0. The minimum absolute atomic E-state index is 0.115. The molecule has 0 saturated heterocycles. The first-order valence-electron chi connectivity index (χ1n) is 10.7. The Hall–Kier alpha value is -2.73. The number of carboxylic acid groups (broad SMARTS) is 1. The Balaban J connectivity index is 5.57. The second kappa shape index (κ2) is 14.4. The van der Waals surface area contributed by atoms with E-state index in [1.54, 1.807) is 6.92 Å². The second-order valence-electron chi connectivity index (χ2n) is 7.93. The first-order valence-corrected chi connectivity index (χ1v) is 10.7. The van der Waals surface area contributed by atoms with E-state index < -0.39 is 60.4 Å². The van der Waals surface area contributed by atoms with Crippen LogP contribution in [0, 0.1) is 11.8 Å². The number of hydrogen-bond acceptors (Lipinski definition) is 7. The summed E-state index contributed by atoms with van der Waals surface area (Å²) in [5.41, 5.74) is 11.1. The maximum Gasteiger partial charge on any atom is 0.328 e. The molecule has 0 aromatic heterocycles. The molecule has 0 aliphatic heterocycles. The number of nitrogens with one attached hydrogen (secondary N) is 3. The summed E-state index contributed by atoms with van der Waals surface area (Å²) in [6.07, 6.45) is 0.743. The topological polar surface area (TPSA) is 214 Å². The lowest BCUT2D eigenvalue weighted by Gasteiger charge is -2.28. The van der Waals surface area contributed by atoms with Gasteiger partial charge in [0.1, 0.15) is 18.1 Å². The zero-order valence-corrected chi connectivity index (χ0v) is 19.1. The van der Waals surface area contributed by atoms with Gasteiger partial charge in [0.05, 0.1) is 12.6 Å². The van der Waals surface area contributed by atoms with Gasteiger partial charge in [0.25, 0.3) is 0 Å². The van der Waals surface area contributed by atoms with Gasteiger partial charge >= 0.3 is 5.97 Å². The summed E-state index contributed by atoms with van der Waals surface area (Å²) in [4.78, 5) is 60.3. The number of aliphatic hydroxyl groups excluding tert-OH is 1. The summed E-state index contributed by atoms with van der Waals surface area (Å²) in [7, 11) is 0. The number of primary amides is 1. The highest BCUT2D eigenvalue weighted by molar-refractivity contribution is 5.94. The molecule has 4 amide bonds. The molecule has 0 aromatic carbocycles. The van der Waals surface area contributed by atoms with Crippen molar-refractivity contribution >= 4 is 29.6 Å². The molecule has 184 valence electrons. The van der Waals surface area contributed by atoms with Crippen molar-refractivity contribution in [3.8, 4) is 0 Å². The van der Waals surface area contributed by atoms with Gasteiger partial charge in [-0.05, 0) is 18.3 Å². The molecule has 0 spiro atoms. The fourth-order valence-corrected chi connectivity index (χ4v) is 2.74. The summed E-state index contributed by atoms with van der Waals surface area (Å²) in [6, 6.07) is -4.74. The van der Waals surface area contributed by atoms with E-state index in [9.17, 15) is 24.0 Å². The Labute approximate surface area is 187 Å². The van der Waals surface area contributed by atoms with Crippen molar-refractivity contribution in [2.75, 3.05) is 6.61 Å². The number of hydrogen-bond donors (Lipinski definition) is 7. The molecule has 0 aliphatic rings. The number of amides is 4. The fraction of sp³-hybridized carbons (Fsp3) is 0.750. The van der Waals surface area contributed by atoms with Crippen LogP contribution in [0.3, 0.4) is 0 Å². The van der Waals surface area contributed by atoms with Crippen molar-refractivity contribution in [1.29, 1.82) is 0 Å². The van der Waals surface area contributed by atoms with Crippen molar-refractivity contribution in [2.45, 2.75) is 77.5 Å². The normalized spacial score (nSPS) is 16.6. The van der Waals surface area contributed by atoms with Crippen molar-refractivity contribution < 1.29 is 34.2 Å². The molecule has 0 heterocycles. The van der Waals surface area contributed by atoms with Gasteiger partial charge in [-0.2, -0.15) is 0 Å². The molecule has 32 heavy (non-hydrogen) atoms. The molecule has 6 atom stereocenters. The summed E-state index contributed by atoms with van der Waals surface area (Å²) in [6.45, 7) is 6.39. The van der Waals surface area contributed by atoms with E-state index in [1.807, 2.05) is 20.8 Å². The molecule has 12 nitrogen and oxygen atoms in total. The van der Waals surface area contributed by atoms with Crippen LogP contribution < -0.4 is 27.4 Å². The number of carbonyl (C=O) groups excluding carboxylic acids is 4. The highest BCUT2D eigenvalue weighted by Crippen LogP contribution is 2.12. The average Bonchev–Trinajstić information content (AvgIpc) is 2.75.